The number of nitrogens with one attached hydrogen (secondary N) is 1. The molecule has 9 heteroatoms. The van der Waals surface area contributed by atoms with Gasteiger partial charge in [-0.15, -0.1) is 0 Å². The number of likely N-dealkylation sites (tertiary alicyclic amines) is 1. The first-order chi connectivity index (χ1) is 12.2. The van der Waals surface area contributed by atoms with E-state index in [4.69, 9.17) is 4.74 Å². The van der Waals surface area contributed by atoms with Gasteiger partial charge in [-0.3, -0.25) is 4.79 Å². The SMILES string of the molecule is COc1ccc(NC(=O)N2C[C@@H]3CCC[C@@]3(C(=O)O)C2)c(C(F)(F)F)c1. The molecule has 1 aromatic carbocycles. The molecular formula is C17H19F3N2O4. The first-order valence-electron chi connectivity index (χ1n) is 8.22. The standard InChI is InChI=1S/C17H19F3N2O4/c1-26-11-4-5-13(12(7-11)17(18,19)20)21-15(25)22-8-10-3-2-6-16(10,9-22)14(23)24/h4-5,7,10H,2-3,6,8-9H2,1H3,(H,21,25)(H,23,24)/t10-,16+/m0/s1. The summed E-state index contributed by atoms with van der Waals surface area (Å²) in [5, 5.41) is 11.8. The van der Waals surface area contributed by atoms with E-state index in [-0.39, 0.29) is 30.4 Å². The third-order valence-electron chi connectivity index (χ3n) is 5.36. The van der Waals surface area contributed by atoms with Gasteiger partial charge >= 0.3 is 18.2 Å². The van der Waals surface area contributed by atoms with Crippen LogP contribution < -0.4 is 10.1 Å². The Balaban J connectivity index is 1.80. The van der Waals surface area contributed by atoms with E-state index >= 15 is 0 Å². The van der Waals surface area contributed by atoms with Crippen molar-refractivity contribution in [1.29, 1.82) is 0 Å². The average Bonchev–Trinajstić information content (AvgIpc) is 3.12. The molecule has 142 valence electrons. The fourth-order valence-corrected chi connectivity index (χ4v) is 3.98. The quantitative estimate of drug-likeness (QED) is 0.852. The van der Waals surface area contributed by atoms with Crippen molar-refractivity contribution in [2.24, 2.45) is 11.3 Å². The molecule has 0 unspecified atom stereocenters. The molecule has 6 nitrogen and oxygen atoms in total. The summed E-state index contributed by atoms with van der Waals surface area (Å²) in [4.78, 5) is 25.4. The second-order valence-corrected chi connectivity index (χ2v) is 6.77. The van der Waals surface area contributed by atoms with Gasteiger partial charge in [0.15, 0.2) is 0 Å². The van der Waals surface area contributed by atoms with Crippen molar-refractivity contribution in [3.63, 3.8) is 0 Å². The van der Waals surface area contributed by atoms with Crippen LogP contribution in [0.3, 0.4) is 0 Å². The Bertz CT molecular complexity index is 737. The Hall–Kier alpha value is -2.45. The number of methoxy groups -OCH3 is 1. The summed E-state index contributed by atoms with van der Waals surface area (Å²) in [5.74, 6) is -1.09. The van der Waals surface area contributed by atoms with Gasteiger partial charge < -0.3 is 20.1 Å². The number of nitrogens with zero attached hydrogens (tertiary/aromatic N) is 1. The van der Waals surface area contributed by atoms with Crippen LogP contribution >= 0.6 is 0 Å². The highest BCUT2D eigenvalue weighted by molar-refractivity contribution is 5.91. The fourth-order valence-electron chi connectivity index (χ4n) is 3.98. The van der Waals surface area contributed by atoms with Crippen molar-refractivity contribution < 1.29 is 32.6 Å². The number of anilines is 1. The summed E-state index contributed by atoms with van der Waals surface area (Å²) < 4.78 is 44.6. The molecule has 0 bridgehead atoms. The van der Waals surface area contributed by atoms with Crippen LogP contribution in [0.4, 0.5) is 23.7 Å². The van der Waals surface area contributed by atoms with Gasteiger partial charge in [-0.05, 0) is 37.0 Å². The molecule has 26 heavy (non-hydrogen) atoms. The van der Waals surface area contributed by atoms with Gasteiger partial charge in [-0.1, -0.05) is 6.42 Å². The number of urea groups is 1. The normalized spacial score (nSPS) is 25.1. The van der Waals surface area contributed by atoms with E-state index in [0.29, 0.717) is 12.8 Å². The van der Waals surface area contributed by atoms with E-state index in [1.54, 1.807) is 0 Å². The summed E-state index contributed by atoms with van der Waals surface area (Å²) in [7, 11) is 1.25. The number of carbonyl (C=O) groups excluding carboxylic acids is 1. The zero-order chi connectivity index (χ0) is 19.1. The van der Waals surface area contributed by atoms with Crippen molar-refractivity contribution in [2.75, 3.05) is 25.5 Å². The Morgan fingerprint density at radius 1 is 1.38 bits per heavy atom. The number of carbonyl (C=O) groups is 2. The largest absolute Gasteiger partial charge is 0.497 e. The third kappa shape index (κ3) is 3.06. The number of hydrogen-bond acceptors (Lipinski definition) is 3. The minimum Gasteiger partial charge on any atom is -0.497 e. The van der Waals surface area contributed by atoms with Gasteiger partial charge in [0.1, 0.15) is 5.75 Å². The Morgan fingerprint density at radius 2 is 2.12 bits per heavy atom. The van der Waals surface area contributed by atoms with Crippen molar-refractivity contribution >= 4 is 17.7 Å². The van der Waals surface area contributed by atoms with Gasteiger partial charge in [0.2, 0.25) is 0 Å². The number of alkyl halides is 3. The van der Waals surface area contributed by atoms with Gasteiger partial charge in [0.25, 0.3) is 0 Å². The lowest BCUT2D eigenvalue weighted by molar-refractivity contribution is -0.149. The second kappa shape index (κ2) is 6.37. The first kappa shape index (κ1) is 18.3. The molecule has 2 N–H and O–H groups in total. The number of rotatable bonds is 3. The smallest absolute Gasteiger partial charge is 0.418 e. The predicted molar refractivity (Wildman–Crippen MR) is 86.0 cm³/mol. The van der Waals surface area contributed by atoms with Crippen LogP contribution in [0.5, 0.6) is 5.75 Å². The minimum absolute atomic E-state index is 0.0103. The number of ether oxygens (including phenoxy) is 1. The van der Waals surface area contributed by atoms with Crippen LogP contribution in [0.2, 0.25) is 0 Å². The maximum absolute atomic E-state index is 13.2. The highest BCUT2D eigenvalue weighted by Crippen LogP contribution is 2.49. The highest BCUT2D eigenvalue weighted by Gasteiger charge is 2.55. The third-order valence-corrected chi connectivity index (χ3v) is 5.36. The number of hydrogen-bond donors (Lipinski definition) is 2. The summed E-state index contributed by atoms with van der Waals surface area (Å²) >= 11 is 0. The molecule has 1 aromatic rings. The van der Waals surface area contributed by atoms with Crippen molar-refractivity contribution in [1.82, 2.24) is 4.90 Å². The average molecular weight is 372 g/mol. The van der Waals surface area contributed by atoms with E-state index in [2.05, 4.69) is 5.32 Å². The molecule has 1 aliphatic heterocycles. The van der Waals surface area contributed by atoms with Gasteiger partial charge in [-0.2, -0.15) is 13.2 Å². The number of aliphatic carboxylic acids is 1. The molecular weight excluding hydrogens is 353 g/mol. The van der Waals surface area contributed by atoms with Crippen molar-refractivity contribution in [3.05, 3.63) is 23.8 Å². The first-order valence-corrected chi connectivity index (χ1v) is 8.22. The maximum atomic E-state index is 13.2. The maximum Gasteiger partial charge on any atom is 0.418 e. The van der Waals surface area contributed by atoms with E-state index in [0.717, 1.165) is 18.6 Å². The van der Waals surface area contributed by atoms with Crippen LogP contribution in [0.25, 0.3) is 0 Å². The van der Waals surface area contributed by atoms with Gasteiger partial charge in [0, 0.05) is 13.1 Å². The van der Waals surface area contributed by atoms with E-state index in [1.807, 2.05) is 0 Å². The molecule has 1 aliphatic carbocycles. The lowest BCUT2D eigenvalue weighted by atomic mass is 9.81. The van der Waals surface area contributed by atoms with Crippen molar-refractivity contribution in [2.45, 2.75) is 25.4 Å². The van der Waals surface area contributed by atoms with E-state index in [1.165, 1.54) is 18.1 Å². The molecule has 1 saturated heterocycles. The zero-order valence-electron chi connectivity index (χ0n) is 14.1. The predicted octanol–water partition coefficient (Wildman–Crippen LogP) is 3.43. The summed E-state index contributed by atoms with van der Waals surface area (Å²) in [6.45, 7) is 0.242. The molecule has 0 aromatic heterocycles. The Labute approximate surface area is 147 Å². The van der Waals surface area contributed by atoms with Crippen LogP contribution in [0, 0.1) is 11.3 Å². The lowest BCUT2D eigenvalue weighted by Gasteiger charge is -2.24. The molecule has 0 spiro atoms. The molecule has 1 heterocycles. The summed E-state index contributed by atoms with van der Waals surface area (Å²) in [6.07, 6.45) is -2.70. The minimum atomic E-state index is -4.67. The molecule has 3 rings (SSSR count). The van der Waals surface area contributed by atoms with Crippen LogP contribution in [0.1, 0.15) is 24.8 Å². The molecule has 0 radical (unpaired) electrons. The summed E-state index contributed by atoms with van der Waals surface area (Å²) in [5.41, 5.74) is -2.38. The molecule has 2 amide bonds. The number of amides is 2. The topological polar surface area (TPSA) is 78.9 Å². The highest BCUT2D eigenvalue weighted by atomic mass is 19.4. The summed E-state index contributed by atoms with van der Waals surface area (Å²) in [6, 6.07) is 2.54. The van der Waals surface area contributed by atoms with Crippen LogP contribution in [-0.4, -0.2) is 42.2 Å². The second-order valence-electron chi connectivity index (χ2n) is 6.77. The fraction of sp³-hybridized carbons (Fsp3) is 0.529. The number of carboxylic acid groups (broad SMARTS) is 1. The van der Waals surface area contributed by atoms with Crippen LogP contribution in [0.15, 0.2) is 18.2 Å². The zero-order valence-corrected chi connectivity index (χ0v) is 14.1. The number of halogens is 3. The Morgan fingerprint density at radius 3 is 2.69 bits per heavy atom. The number of carboxylic acids is 1. The van der Waals surface area contributed by atoms with Crippen LogP contribution in [-0.2, 0) is 11.0 Å². The van der Waals surface area contributed by atoms with E-state index < -0.39 is 29.2 Å². The molecule has 1 saturated carbocycles. The van der Waals surface area contributed by atoms with Gasteiger partial charge in [0.05, 0.1) is 23.8 Å². The van der Waals surface area contributed by atoms with Gasteiger partial charge in [-0.25, -0.2) is 4.79 Å². The van der Waals surface area contributed by atoms with Crippen molar-refractivity contribution in [3.8, 4) is 5.75 Å². The van der Waals surface area contributed by atoms with E-state index in [9.17, 15) is 27.9 Å². The Kier molecular flexibility index (Phi) is 4.49. The molecule has 2 aliphatic rings. The number of benzene rings is 1. The lowest BCUT2D eigenvalue weighted by Crippen LogP contribution is -2.39. The molecule has 2 atom stereocenters. The molecule has 2 fully saturated rings. The number of fused-ring (bicyclic) bond motifs is 1. The monoisotopic (exact) mass is 372 g/mol.